The Kier molecular flexibility index (Phi) is 14.5. The molecule has 0 N–H and O–H groups in total. The third kappa shape index (κ3) is 10.6. The molecule has 2 aromatic heterocycles. The molecule has 0 saturated carbocycles. The molecular formula is C34H28Cl6N4O8S. The first-order chi connectivity index (χ1) is 25.1. The molecule has 280 valence electrons. The number of nitrogens with zero attached hydrogens (tertiary/aromatic N) is 4. The third-order valence-electron chi connectivity index (χ3n) is 7.25. The van der Waals surface area contributed by atoms with E-state index >= 15 is 0 Å². The van der Waals surface area contributed by atoms with E-state index in [1.807, 2.05) is 36.4 Å². The van der Waals surface area contributed by atoms with E-state index in [2.05, 4.69) is 41.3 Å². The highest BCUT2D eigenvalue weighted by molar-refractivity contribution is 8.31. The number of halogens is 6. The van der Waals surface area contributed by atoms with Crippen LogP contribution >= 0.6 is 67.8 Å². The molecule has 0 saturated heterocycles. The van der Waals surface area contributed by atoms with Crippen molar-refractivity contribution >= 4 is 97.8 Å². The summed E-state index contributed by atoms with van der Waals surface area (Å²) >= 11 is 24.7. The molecule has 0 amide bonds. The maximum atomic E-state index is 9.16. The van der Waals surface area contributed by atoms with Gasteiger partial charge in [0.05, 0.1) is 63.7 Å². The van der Waals surface area contributed by atoms with Gasteiger partial charge >= 0.3 is 8.26 Å². The zero-order valence-electron chi connectivity index (χ0n) is 28.5. The second-order valence-electron chi connectivity index (χ2n) is 10.3. The second kappa shape index (κ2) is 18.4. The number of fused-ring (bicyclic) bond motifs is 2. The van der Waals surface area contributed by atoms with Gasteiger partial charge < -0.3 is 28.4 Å². The first kappa shape index (κ1) is 41.8. The quantitative estimate of drug-likeness (QED) is 0.106. The molecule has 0 atom stereocenters. The number of benzene rings is 4. The van der Waals surface area contributed by atoms with Gasteiger partial charge in [0.2, 0.25) is 10.6 Å². The molecule has 12 nitrogen and oxygen atoms in total. The van der Waals surface area contributed by atoms with Gasteiger partial charge in [-0.3, -0.25) is 0 Å². The van der Waals surface area contributed by atoms with Crippen LogP contribution in [0.3, 0.4) is 0 Å². The normalized spacial score (nSPS) is 10.8. The molecule has 6 rings (SSSR count). The van der Waals surface area contributed by atoms with Crippen LogP contribution in [0.4, 0.5) is 0 Å². The van der Waals surface area contributed by atoms with Crippen molar-refractivity contribution in [2.75, 3.05) is 42.7 Å². The predicted molar refractivity (Wildman–Crippen MR) is 210 cm³/mol. The van der Waals surface area contributed by atoms with Gasteiger partial charge in [0.1, 0.15) is 34.5 Å². The molecule has 4 aromatic carbocycles. The second-order valence-corrected chi connectivity index (χ2v) is 15.4. The van der Waals surface area contributed by atoms with E-state index in [4.69, 9.17) is 83.2 Å². The van der Waals surface area contributed by atoms with Crippen molar-refractivity contribution in [2.45, 2.75) is 0 Å². The first-order valence-corrected chi connectivity index (χ1v) is 19.3. The number of methoxy groups -OCH3 is 6. The number of rotatable bonds is 8. The molecule has 0 aliphatic rings. The standard InChI is InChI=1S/C17H13Cl3N2O3.C17H15ClN2O3.Cl2O2S/c1-23-11-5-10-8(7-21-17(20)22-10)4-9(11)14-15(18)12(24-2)6-13(25-3)16(14)19;1-21-12-4-10(5-13(7-12)22-2)14-6-11-9-19-17(18)20-15(11)8-16(14)23-3;1-5(2,3)4/h4-7H,1-3H3;4-9H,1-3H3;. The Morgan fingerprint density at radius 3 is 1.30 bits per heavy atom. The van der Waals surface area contributed by atoms with Crippen LogP contribution < -0.4 is 28.4 Å². The number of hydrogen-bond acceptors (Lipinski definition) is 12. The average molecular weight is 865 g/mol. The Hall–Kier alpha value is -3.95. The maximum Gasteiger partial charge on any atom is 0.317 e. The molecular weight excluding hydrogens is 837 g/mol. The molecule has 6 aromatic rings. The van der Waals surface area contributed by atoms with Gasteiger partial charge in [-0.25, -0.2) is 19.9 Å². The van der Waals surface area contributed by atoms with Crippen LogP contribution in [-0.2, 0) is 8.26 Å². The highest BCUT2D eigenvalue weighted by Crippen LogP contribution is 2.49. The lowest BCUT2D eigenvalue weighted by Crippen LogP contribution is -1.96. The summed E-state index contributed by atoms with van der Waals surface area (Å²) in [6.07, 6.45) is 3.30. The molecule has 0 unspecified atom stereocenters. The molecule has 19 heteroatoms. The number of ether oxygens (including phenoxy) is 6. The number of hydrogen-bond donors (Lipinski definition) is 0. The third-order valence-corrected chi connectivity index (χ3v) is 8.36. The zero-order valence-corrected chi connectivity index (χ0v) is 33.9. The van der Waals surface area contributed by atoms with Crippen molar-refractivity contribution in [1.82, 2.24) is 19.9 Å². The smallest absolute Gasteiger partial charge is 0.317 e. The van der Waals surface area contributed by atoms with Gasteiger partial charge in [0, 0.05) is 85.5 Å². The monoisotopic (exact) mass is 862 g/mol. The maximum absolute atomic E-state index is 9.16. The van der Waals surface area contributed by atoms with Crippen molar-refractivity contribution in [1.29, 1.82) is 0 Å². The minimum atomic E-state index is -3.72. The van der Waals surface area contributed by atoms with Gasteiger partial charge in [-0.15, -0.1) is 0 Å². The van der Waals surface area contributed by atoms with E-state index < -0.39 is 8.26 Å². The molecule has 53 heavy (non-hydrogen) atoms. The minimum Gasteiger partial charge on any atom is -0.497 e. The predicted octanol–water partition coefficient (Wildman–Crippen LogP) is 9.97. The summed E-state index contributed by atoms with van der Waals surface area (Å²) in [5, 5.41) is 2.68. The lowest BCUT2D eigenvalue weighted by Gasteiger charge is -2.17. The molecule has 0 spiro atoms. The lowest BCUT2D eigenvalue weighted by molar-refractivity contribution is 0.394. The molecule has 0 bridgehead atoms. The largest absolute Gasteiger partial charge is 0.497 e. The van der Waals surface area contributed by atoms with E-state index in [9.17, 15) is 0 Å². The average Bonchev–Trinajstić information content (AvgIpc) is 3.13. The summed E-state index contributed by atoms with van der Waals surface area (Å²) < 4.78 is 50.7. The van der Waals surface area contributed by atoms with Gasteiger partial charge in [-0.1, -0.05) is 23.2 Å². The highest BCUT2D eigenvalue weighted by atomic mass is 36.0. The highest BCUT2D eigenvalue weighted by Gasteiger charge is 2.22. The zero-order chi connectivity index (χ0) is 39.0. The van der Waals surface area contributed by atoms with E-state index in [-0.39, 0.29) is 10.6 Å². The molecule has 0 radical (unpaired) electrons. The van der Waals surface area contributed by atoms with Crippen LogP contribution in [0.25, 0.3) is 44.1 Å². The topological polar surface area (TPSA) is 141 Å². The fourth-order valence-electron chi connectivity index (χ4n) is 4.92. The Morgan fingerprint density at radius 2 is 0.906 bits per heavy atom. The summed E-state index contributed by atoms with van der Waals surface area (Å²) in [6.45, 7) is 0. The van der Waals surface area contributed by atoms with Crippen LogP contribution in [0.1, 0.15) is 0 Å². The van der Waals surface area contributed by atoms with Crippen molar-refractivity contribution in [3.8, 4) is 56.8 Å². The fraction of sp³-hybridized carbons (Fsp3) is 0.176. The summed E-state index contributed by atoms with van der Waals surface area (Å²) in [4.78, 5) is 16.4. The summed E-state index contributed by atoms with van der Waals surface area (Å²) in [6, 6.07) is 14.7. The van der Waals surface area contributed by atoms with Crippen LogP contribution in [0, 0.1) is 0 Å². The summed E-state index contributed by atoms with van der Waals surface area (Å²) in [5.74, 6) is 3.49. The van der Waals surface area contributed by atoms with Crippen molar-refractivity contribution in [2.24, 2.45) is 0 Å². The van der Waals surface area contributed by atoms with Crippen LogP contribution in [0.2, 0.25) is 20.6 Å². The van der Waals surface area contributed by atoms with E-state index in [0.29, 0.717) is 61.2 Å². The van der Waals surface area contributed by atoms with E-state index in [1.54, 1.807) is 53.0 Å². The van der Waals surface area contributed by atoms with E-state index in [0.717, 1.165) is 27.4 Å². The summed E-state index contributed by atoms with van der Waals surface area (Å²) in [5.41, 5.74) is 4.36. The van der Waals surface area contributed by atoms with Gasteiger partial charge in [0.25, 0.3) is 0 Å². The number of aromatic nitrogens is 4. The van der Waals surface area contributed by atoms with Crippen molar-refractivity contribution in [3.05, 3.63) is 81.5 Å². The Balaban J connectivity index is 0.000000211. The fourth-order valence-corrected chi connectivity index (χ4v) is 5.90. The van der Waals surface area contributed by atoms with Gasteiger partial charge in [0.15, 0.2) is 0 Å². The van der Waals surface area contributed by atoms with E-state index in [1.165, 1.54) is 14.2 Å². The van der Waals surface area contributed by atoms with Gasteiger partial charge in [-0.2, -0.15) is 8.42 Å². The van der Waals surface area contributed by atoms with Crippen LogP contribution in [0.15, 0.2) is 60.9 Å². The SMILES string of the molecule is COc1cc(OC)cc(-c2cc3cnc(Cl)nc3cc2OC)c1.COc1cc2nc(Cl)ncc2cc1-c1c(Cl)c(OC)cc(OC)c1Cl.O=S(=O)(Cl)Cl. The molecule has 0 fully saturated rings. The minimum absolute atomic E-state index is 0.154. The van der Waals surface area contributed by atoms with Gasteiger partial charge in [-0.05, 0) is 53.0 Å². The summed E-state index contributed by atoms with van der Waals surface area (Å²) in [7, 11) is 14.3. The van der Waals surface area contributed by atoms with Crippen molar-refractivity contribution < 1.29 is 36.8 Å². The first-order valence-electron chi connectivity index (χ1n) is 14.6. The van der Waals surface area contributed by atoms with Crippen LogP contribution in [0.5, 0.6) is 34.5 Å². The lowest BCUT2D eigenvalue weighted by atomic mass is 10.0. The molecule has 0 aliphatic heterocycles. The Morgan fingerprint density at radius 1 is 0.509 bits per heavy atom. The molecule has 2 heterocycles. The Bertz CT molecular complexity index is 2330. The van der Waals surface area contributed by atoms with Crippen molar-refractivity contribution in [3.63, 3.8) is 0 Å². The molecule has 0 aliphatic carbocycles. The van der Waals surface area contributed by atoms with Crippen LogP contribution in [-0.4, -0.2) is 71.0 Å². The Labute approximate surface area is 333 Å².